The number of nitrogens with zero attached hydrogens (tertiary/aromatic N) is 7. The second-order valence-corrected chi connectivity index (χ2v) is 26.1. The van der Waals surface area contributed by atoms with Crippen LogP contribution in [0.4, 0.5) is 0 Å². The summed E-state index contributed by atoms with van der Waals surface area (Å²) in [5.74, 6) is 3.35. The van der Waals surface area contributed by atoms with E-state index in [0.717, 1.165) is 172 Å². The normalized spacial score (nSPS) is 15.8. The van der Waals surface area contributed by atoms with E-state index in [2.05, 4.69) is 216 Å². The third kappa shape index (κ3) is 18.0. The average molecular weight is 1150 g/mol. The molecule has 0 amide bonds. The van der Waals surface area contributed by atoms with Crippen LogP contribution < -0.4 is 18.9 Å². The monoisotopic (exact) mass is 1140 g/mol. The van der Waals surface area contributed by atoms with Gasteiger partial charge in [-0.25, -0.2) is 20.0 Å². The lowest BCUT2D eigenvalue weighted by molar-refractivity contribution is -0.870. The van der Waals surface area contributed by atoms with Crippen LogP contribution in [0.25, 0.3) is 22.3 Å². The smallest absolute Gasteiger partial charge is 0.119 e. The molecule has 0 saturated carbocycles. The molecule has 0 atom stereocenters. The highest BCUT2D eigenvalue weighted by Crippen LogP contribution is 2.40. The van der Waals surface area contributed by atoms with E-state index in [4.69, 9.17) is 38.9 Å². The van der Waals surface area contributed by atoms with Gasteiger partial charge in [0.25, 0.3) is 0 Å². The summed E-state index contributed by atoms with van der Waals surface area (Å²) in [4.78, 5) is 22.2. The quantitative estimate of drug-likeness (QED) is 0.0371. The number of fused-ring (bicyclic) bond motifs is 4. The largest absolute Gasteiger partial charge is 0.494 e. The molecular formula is C74H94N7O4+3. The molecule has 85 heavy (non-hydrogen) atoms. The molecule has 5 heterocycles. The maximum atomic E-state index is 6.37. The molecule has 8 bridgehead atoms. The molecule has 0 spiro atoms. The Balaban J connectivity index is 1.11. The Hall–Kier alpha value is -7.44. The molecule has 0 aromatic heterocycles. The SMILES string of the molecule is CCCCCCCCCCCCOc1ccc(C2=C3C=CC(=N3)C(c3ccc(OCCC[N+](C)(C)C)cc3)=C3C=CC(=N3)C(c3ccc(OCCC[N+](C)(C)C)cc3)=C3C=CC(=N3)C(c3ccc(OCCC[N+](C)(C)C)cc3)=C3C=CC2=N3)cc1. The van der Waals surface area contributed by atoms with E-state index >= 15 is 0 Å². The number of quaternary nitrogens is 3. The summed E-state index contributed by atoms with van der Waals surface area (Å²) in [5, 5.41) is 0. The highest BCUT2D eigenvalue weighted by molar-refractivity contribution is 6.39. The highest BCUT2D eigenvalue weighted by atomic mass is 16.5. The summed E-state index contributed by atoms with van der Waals surface area (Å²) >= 11 is 0. The van der Waals surface area contributed by atoms with Gasteiger partial charge < -0.3 is 32.4 Å². The molecule has 0 fully saturated rings. The van der Waals surface area contributed by atoms with E-state index in [-0.39, 0.29) is 0 Å². The molecule has 5 aliphatic heterocycles. The second-order valence-electron chi connectivity index (χ2n) is 26.1. The number of benzene rings is 4. The van der Waals surface area contributed by atoms with Crippen LogP contribution in [0, 0.1) is 0 Å². The molecule has 4 aromatic rings. The Morgan fingerprint density at radius 1 is 0.271 bits per heavy atom. The van der Waals surface area contributed by atoms with Crippen molar-refractivity contribution in [3.63, 3.8) is 0 Å². The van der Waals surface area contributed by atoms with E-state index in [1.54, 1.807) is 0 Å². The number of allylic oxidation sites excluding steroid dienone is 12. The predicted molar refractivity (Wildman–Crippen MR) is 356 cm³/mol. The standard InChI is InChI=1S/C74H94N7O4/c1-11-12-13-14-15-16-17-18-19-20-51-82-59-32-24-55(25-33-59)71-63-40-42-65(75-63)72(56-26-34-60(35-27-56)83-52-21-48-79(2,3)4)67-44-46-69(77-67)74(58-30-38-62(39-31-58)85-54-23-50-81(8,9)10)70-47-45-68(78-70)73(66-43-41-64(71)76-66)57-28-36-61(37-29-57)84-53-22-49-80(5,6)7/h24-47H,11-23,48-54H2,1-10H3/q+3. The van der Waals surface area contributed by atoms with Crippen molar-refractivity contribution in [3.8, 4) is 23.0 Å². The minimum absolute atomic E-state index is 0.645. The summed E-state index contributed by atoms with van der Waals surface area (Å²) in [6.07, 6.45) is 32.7. The van der Waals surface area contributed by atoms with Crippen LogP contribution in [0.15, 0.2) is 188 Å². The van der Waals surface area contributed by atoms with E-state index < -0.39 is 0 Å². The van der Waals surface area contributed by atoms with Crippen molar-refractivity contribution in [2.24, 2.45) is 20.0 Å². The maximum Gasteiger partial charge on any atom is 0.119 e. The topological polar surface area (TPSA) is 86.4 Å². The van der Waals surface area contributed by atoms with Gasteiger partial charge in [0, 0.05) is 41.6 Å². The third-order valence-corrected chi connectivity index (χ3v) is 15.7. The van der Waals surface area contributed by atoms with E-state index in [1.165, 1.54) is 57.8 Å². The first kappa shape index (κ1) is 62.1. The summed E-state index contributed by atoms with van der Waals surface area (Å²) in [5.41, 5.74) is 14.0. The molecule has 0 aliphatic carbocycles. The van der Waals surface area contributed by atoms with Crippen molar-refractivity contribution >= 4 is 45.1 Å². The average Bonchev–Trinajstić information content (AvgIpc) is 2.99. The van der Waals surface area contributed by atoms with Crippen molar-refractivity contribution in [1.29, 1.82) is 0 Å². The van der Waals surface area contributed by atoms with Crippen molar-refractivity contribution < 1.29 is 32.4 Å². The Morgan fingerprint density at radius 2 is 0.494 bits per heavy atom. The Bertz CT molecular complexity index is 3280. The van der Waals surface area contributed by atoms with Gasteiger partial charge in [0.2, 0.25) is 0 Å². The van der Waals surface area contributed by atoms with Gasteiger partial charge in [-0.1, -0.05) is 113 Å². The predicted octanol–water partition coefficient (Wildman–Crippen LogP) is 15.4. The molecule has 0 N–H and O–H groups in total. The van der Waals surface area contributed by atoms with Gasteiger partial charge in [-0.05, 0) is 126 Å². The van der Waals surface area contributed by atoms with Crippen molar-refractivity contribution in [3.05, 3.63) is 191 Å². The molecule has 11 heteroatoms. The van der Waals surface area contributed by atoms with E-state index in [0.29, 0.717) is 26.4 Å². The van der Waals surface area contributed by atoms with Gasteiger partial charge in [-0.15, -0.1) is 0 Å². The molecule has 5 aliphatic rings. The van der Waals surface area contributed by atoms with Crippen LogP contribution >= 0.6 is 0 Å². The van der Waals surface area contributed by atoms with Crippen molar-refractivity contribution in [2.45, 2.75) is 90.4 Å². The van der Waals surface area contributed by atoms with E-state index in [9.17, 15) is 0 Å². The zero-order valence-corrected chi connectivity index (χ0v) is 52.8. The van der Waals surface area contributed by atoms with Crippen molar-refractivity contribution in [1.82, 2.24) is 0 Å². The second kappa shape index (κ2) is 29.1. The van der Waals surface area contributed by atoms with E-state index in [1.807, 2.05) is 0 Å². The van der Waals surface area contributed by atoms with Gasteiger partial charge >= 0.3 is 0 Å². The number of ether oxygens (including phenoxy) is 4. The molecule has 9 rings (SSSR count). The molecule has 0 radical (unpaired) electrons. The van der Waals surface area contributed by atoms with Gasteiger partial charge in [-0.3, -0.25) is 0 Å². The fourth-order valence-corrected chi connectivity index (χ4v) is 11.1. The number of hydrogen-bond acceptors (Lipinski definition) is 8. The van der Waals surface area contributed by atoms with Gasteiger partial charge in [0.1, 0.15) is 23.0 Å². The van der Waals surface area contributed by atoms with Crippen LogP contribution in [0.2, 0.25) is 0 Å². The number of rotatable bonds is 31. The van der Waals surface area contributed by atoms with Crippen molar-refractivity contribution in [2.75, 3.05) is 109 Å². The number of aliphatic imine (C=N–C) groups is 4. The van der Waals surface area contributed by atoms with Crippen LogP contribution in [-0.2, 0) is 0 Å². The summed E-state index contributed by atoms with van der Waals surface area (Å²) in [6.45, 7) is 8.00. The van der Waals surface area contributed by atoms with Crippen LogP contribution in [-0.4, -0.2) is 146 Å². The fourth-order valence-electron chi connectivity index (χ4n) is 11.1. The van der Waals surface area contributed by atoms with Crippen LogP contribution in [0.5, 0.6) is 23.0 Å². The zero-order valence-electron chi connectivity index (χ0n) is 52.8. The first-order valence-electron chi connectivity index (χ1n) is 31.4. The lowest BCUT2D eigenvalue weighted by Crippen LogP contribution is -2.36. The van der Waals surface area contributed by atoms with Gasteiger partial charge in [0.05, 0.1) is 155 Å². The third-order valence-electron chi connectivity index (χ3n) is 15.7. The molecule has 446 valence electrons. The number of unbranched alkanes of at least 4 members (excludes halogenated alkanes) is 9. The lowest BCUT2D eigenvalue weighted by Gasteiger charge is -2.23. The fraction of sp³-hybridized carbons (Fsp3) is 0.405. The van der Waals surface area contributed by atoms with Gasteiger partial charge in [0.15, 0.2) is 0 Å². The Morgan fingerprint density at radius 3 is 0.729 bits per heavy atom. The minimum atomic E-state index is 0.645. The summed E-state index contributed by atoms with van der Waals surface area (Å²) in [6, 6.07) is 33.6. The first-order chi connectivity index (χ1) is 41.0. The Kier molecular flexibility index (Phi) is 21.3. The van der Waals surface area contributed by atoms with Crippen LogP contribution in [0.3, 0.4) is 0 Å². The molecule has 4 aromatic carbocycles. The van der Waals surface area contributed by atoms with Crippen LogP contribution in [0.1, 0.15) is 113 Å². The highest BCUT2D eigenvalue weighted by Gasteiger charge is 2.28. The maximum absolute atomic E-state index is 6.37. The molecule has 0 saturated heterocycles. The molecule has 0 unspecified atom stereocenters. The number of hydrogen-bond donors (Lipinski definition) is 0. The Labute approximate surface area is 508 Å². The molecular weight excluding hydrogens is 1050 g/mol. The lowest BCUT2D eigenvalue weighted by atomic mass is 9.98. The van der Waals surface area contributed by atoms with Gasteiger partial charge in [-0.2, -0.15) is 0 Å². The molecule has 11 nitrogen and oxygen atoms in total. The first-order valence-corrected chi connectivity index (χ1v) is 31.4. The summed E-state index contributed by atoms with van der Waals surface area (Å²) < 4.78 is 27.9. The minimum Gasteiger partial charge on any atom is -0.494 e. The summed E-state index contributed by atoms with van der Waals surface area (Å²) in [7, 11) is 19.9. The zero-order chi connectivity index (χ0) is 59.8.